The van der Waals surface area contributed by atoms with Crippen LogP contribution in [-0.4, -0.2) is 25.7 Å². The molecule has 3 heterocycles. The first-order chi connectivity index (χ1) is 13.9. The molecular weight excluding hydrogens is 389 g/mol. The summed E-state index contributed by atoms with van der Waals surface area (Å²) in [6.07, 6.45) is 0. The van der Waals surface area contributed by atoms with E-state index in [2.05, 4.69) is 20.4 Å². The normalized spacial score (nSPS) is 10.9. The fraction of sp³-hybridized carbons (Fsp3) is 0.143. The first-order valence-corrected chi connectivity index (χ1v) is 9.78. The molecule has 0 atom stereocenters. The van der Waals surface area contributed by atoms with Crippen molar-refractivity contribution in [3.8, 4) is 16.4 Å². The summed E-state index contributed by atoms with van der Waals surface area (Å²) < 4.78 is 15.5. The number of anilines is 1. The first-order valence-electron chi connectivity index (χ1n) is 8.96. The summed E-state index contributed by atoms with van der Waals surface area (Å²) in [7, 11) is 0. The average molecular weight is 407 g/mol. The van der Waals surface area contributed by atoms with Crippen LogP contribution in [0, 0.1) is 26.6 Å². The quantitative estimate of drug-likeness (QED) is 0.532. The van der Waals surface area contributed by atoms with E-state index < -0.39 is 0 Å². The van der Waals surface area contributed by atoms with Gasteiger partial charge in [-0.25, -0.2) is 14.4 Å². The molecule has 0 spiro atoms. The molecule has 1 N–H and O–H groups in total. The molecule has 146 valence electrons. The molecular formula is C21H18FN5OS. The third-order valence-corrected chi connectivity index (χ3v) is 5.32. The van der Waals surface area contributed by atoms with Crippen molar-refractivity contribution in [3.05, 3.63) is 76.3 Å². The third-order valence-electron chi connectivity index (χ3n) is 4.20. The van der Waals surface area contributed by atoms with Gasteiger partial charge >= 0.3 is 0 Å². The SMILES string of the molecule is Cc1cc(C)nc(-n2nc(C)cc2NC(=O)c2ccc(-c3ccccc3F)s2)n1. The molecule has 3 aromatic heterocycles. The molecule has 6 nitrogen and oxygen atoms in total. The van der Waals surface area contributed by atoms with Crippen LogP contribution in [0.25, 0.3) is 16.4 Å². The Morgan fingerprint density at radius 1 is 1.00 bits per heavy atom. The highest BCUT2D eigenvalue weighted by atomic mass is 32.1. The van der Waals surface area contributed by atoms with Crippen molar-refractivity contribution in [1.82, 2.24) is 19.7 Å². The number of thiophene rings is 1. The number of nitrogens with one attached hydrogen (secondary N) is 1. The summed E-state index contributed by atoms with van der Waals surface area (Å²) in [5.41, 5.74) is 2.82. The number of nitrogens with zero attached hydrogens (tertiary/aromatic N) is 4. The molecule has 0 fully saturated rings. The number of halogens is 1. The largest absolute Gasteiger partial charge is 0.306 e. The lowest BCUT2D eigenvalue weighted by Crippen LogP contribution is -2.15. The summed E-state index contributed by atoms with van der Waals surface area (Å²) in [4.78, 5) is 22.8. The van der Waals surface area contributed by atoms with E-state index in [1.807, 2.05) is 26.8 Å². The van der Waals surface area contributed by atoms with Crippen molar-refractivity contribution in [2.24, 2.45) is 0 Å². The standard InChI is InChI=1S/C21H18FN5OS/c1-12-10-13(2)24-21(23-12)27-19(11-14(3)26-27)25-20(28)18-9-8-17(29-18)15-6-4-5-7-16(15)22/h4-11H,1-3H3,(H,25,28). The lowest BCUT2D eigenvalue weighted by Gasteiger charge is -2.08. The number of hydrogen-bond acceptors (Lipinski definition) is 5. The van der Waals surface area contributed by atoms with Crippen LogP contribution in [0.4, 0.5) is 10.2 Å². The highest BCUT2D eigenvalue weighted by Crippen LogP contribution is 2.30. The lowest BCUT2D eigenvalue weighted by molar-refractivity contribution is 0.103. The van der Waals surface area contributed by atoms with Gasteiger partial charge in [0, 0.05) is 27.9 Å². The molecule has 4 rings (SSSR count). The Hall–Kier alpha value is -3.39. The number of benzene rings is 1. The van der Waals surface area contributed by atoms with Gasteiger partial charge in [-0.15, -0.1) is 11.3 Å². The van der Waals surface area contributed by atoms with Gasteiger partial charge in [0.1, 0.15) is 11.6 Å². The minimum absolute atomic E-state index is 0.303. The van der Waals surface area contributed by atoms with Crippen molar-refractivity contribution < 1.29 is 9.18 Å². The number of carbonyl (C=O) groups excluding carboxylic acids is 1. The molecule has 0 radical (unpaired) electrons. The van der Waals surface area contributed by atoms with Crippen LogP contribution in [0.3, 0.4) is 0 Å². The van der Waals surface area contributed by atoms with Crippen molar-refractivity contribution in [3.63, 3.8) is 0 Å². The van der Waals surface area contributed by atoms with Crippen LogP contribution in [0.5, 0.6) is 0 Å². The Morgan fingerprint density at radius 2 is 1.72 bits per heavy atom. The first kappa shape index (κ1) is 18.9. The molecule has 4 aromatic rings. The highest BCUT2D eigenvalue weighted by Gasteiger charge is 2.17. The smallest absolute Gasteiger partial charge is 0.266 e. The van der Waals surface area contributed by atoms with E-state index in [0.717, 1.165) is 17.1 Å². The van der Waals surface area contributed by atoms with E-state index in [9.17, 15) is 9.18 Å². The van der Waals surface area contributed by atoms with Crippen LogP contribution in [0.2, 0.25) is 0 Å². The predicted molar refractivity (Wildman–Crippen MR) is 111 cm³/mol. The number of carbonyl (C=O) groups is 1. The molecule has 0 aliphatic heterocycles. The van der Waals surface area contributed by atoms with Crippen LogP contribution >= 0.6 is 11.3 Å². The summed E-state index contributed by atoms with van der Waals surface area (Å²) >= 11 is 1.23. The molecule has 0 saturated carbocycles. The van der Waals surface area contributed by atoms with E-state index in [0.29, 0.717) is 27.1 Å². The molecule has 1 aromatic carbocycles. The zero-order valence-corrected chi connectivity index (χ0v) is 16.9. The second kappa shape index (κ2) is 7.56. The van der Waals surface area contributed by atoms with Gasteiger partial charge in [0.05, 0.1) is 10.6 Å². The van der Waals surface area contributed by atoms with Gasteiger partial charge in [-0.2, -0.15) is 9.78 Å². The number of aryl methyl sites for hydroxylation is 3. The monoisotopic (exact) mass is 407 g/mol. The van der Waals surface area contributed by atoms with Gasteiger partial charge in [-0.3, -0.25) is 4.79 Å². The Labute approximate surface area is 171 Å². The van der Waals surface area contributed by atoms with Crippen LogP contribution in [0.15, 0.2) is 48.5 Å². The van der Waals surface area contributed by atoms with Gasteiger partial charge in [0.15, 0.2) is 0 Å². The maximum atomic E-state index is 14.0. The molecule has 0 unspecified atom stereocenters. The highest BCUT2D eigenvalue weighted by molar-refractivity contribution is 7.17. The van der Waals surface area contributed by atoms with E-state index >= 15 is 0 Å². The number of aromatic nitrogens is 4. The van der Waals surface area contributed by atoms with Crippen molar-refractivity contribution in [2.75, 3.05) is 5.32 Å². The third kappa shape index (κ3) is 3.93. The number of hydrogen-bond donors (Lipinski definition) is 1. The second-order valence-electron chi connectivity index (χ2n) is 6.63. The molecule has 0 bridgehead atoms. The molecule has 0 aliphatic carbocycles. The topological polar surface area (TPSA) is 72.7 Å². The predicted octanol–water partition coefficient (Wildman–Crippen LogP) is 4.71. The van der Waals surface area contributed by atoms with Crippen LogP contribution in [-0.2, 0) is 0 Å². The van der Waals surface area contributed by atoms with E-state index in [1.54, 1.807) is 36.4 Å². The average Bonchev–Trinajstić information content (AvgIpc) is 3.28. The van der Waals surface area contributed by atoms with Crippen LogP contribution in [0.1, 0.15) is 26.8 Å². The van der Waals surface area contributed by atoms with Gasteiger partial charge in [0.25, 0.3) is 11.9 Å². The fourth-order valence-corrected chi connectivity index (χ4v) is 3.91. The fourth-order valence-electron chi connectivity index (χ4n) is 2.99. The summed E-state index contributed by atoms with van der Waals surface area (Å²) in [6.45, 7) is 5.58. The maximum Gasteiger partial charge on any atom is 0.266 e. The minimum Gasteiger partial charge on any atom is -0.306 e. The van der Waals surface area contributed by atoms with E-state index in [1.165, 1.54) is 22.1 Å². The Morgan fingerprint density at radius 3 is 2.45 bits per heavy atom. The van der Waals surface area contributed by atoms with Crippen molar-refractivity contribution in [1.29, 1.82) is 0 Å². The molecule has 8 heteroatoms. The van der Waals surface area contributed by atoms with E-state index in [-0.39, 0.29) is 11.7 Å². The molecule has 0 saturated heterocycles. The summed E-state index contributed by atoms with van der Waals surface area (Å²) in [6, 6.07) is 13.6. The van der Waals surface area contributed by atoms with Crippen molar-refractivity contribution in [2.45, 2.75) is 20.8 Å². The van der Waals surface area contributed by atoms with Crippen LogP contribution < -0.4 is 5.32 Å². The maximum absolute atomic E-state index is 14.0. The van der Waals surface area contributed by atoms with Gasteiger partial charge in [0.2, 0.25) is 0 Å². The van der Waals surface area contributed by atoms with Gasteiger partial charge in [-0.1, -0.05) is 18.2 Å². The Kier molecular flexibility index (Phi) is 4.94. The zero-order chi connectivity index (χ0) is 20.5. The Balaban J connectivity index is 1.62. The second-order valence-corrected chi connectivity index (χ2v) is 7.72. The number of amides is 1. The van der Waals surface area contributed by atoms with E-state index in [4.69, 9.17) is 0 Å². The minimum atomic E-state index is -0.318. The molecule has 1 amide bonds. The zero-order valence-electron chi connectivity index (χ0n) is 16.1. The lowest BCUT2D eigenvalue weighted by atomic mass is 10.2. The van der Waals surface area contributed by atoms with Gasteiger partial charge < -0.3 is 5.32 Å². The van der Waals surface area contributed by atoms with Crippen molar-refractivity contribution >= 4 is 23.1 Å². The summed E-state index contributed by atoms with van der Waals surface area (Å²) in [5, 5.41) is 7.27. The Bertz CT molecular complexity index is 1190. The molecule has 29 heavy (non-hydrogen) atoms. The molecule has 0 aliphatic rings. The van der Waals surface area contributed by atoms with Gasteiger partial charge in [-0.05, 0) is 45.0 Å². The number of rotatable bonds is 4. The summed E-state index contributed by atoms with van der Waals surface area (Å²) in [5.74, 6) is 0.243.